The average molecular weight is 371 g/mol. The minimum absolute atomic E-state index is 0.144. The molecule has 2 amide bonds. The van der Waals surface area contributed by atoms with E-state index in [4.69, 9.17) is 4.42 Å². The van der Waals surface area contributed by atoms with Crippen molar-refractivity contribution in [1.82, 2.24) is 19.8 Å². The molecule has 0 aromatic carbocycles. The topological polar surface area (TPSA) is 91.6 Å². The first-order chi connectivity index (χ1) is 13.0. The third kappa shape index (κ3) is 4.84. The molecule has 3 heterocycles. The summed E-state index contributed by atoms with van der Waals surface area (Å²) >= 11 is 0. The third-order valence-corrected chi connectivity index (χ3v) is 4.50. The molecular weight excluding hydrogens is 346 g/mol. The lowest BCUT2D eigenvalue weighted by atomic mass is 10.1. The van der Waals surface area contributed by atoms with Gasteiger partial charge in [-0.3, -0.25) is 9.59 Å². The molecule has 1 N–H and O–H groups in total. The van der Waals surface area contributed by atoms with Crippen molar-refractivity contribution in [2.75, 3.05) is 38.0 Å². The van der Waals surface area contributed by atoms with Crippen LogP contribution in [-0.2, 0) is 0 Å². The Hall–Kier alpha value is -2.90. The summed E-state index contributed by atoms with van der Waals surface area (Å²) in [4.78, 5) is 36.7. The predicted molar refractivity (Wildman–Crippen MR) is 100 cm³/mol. The molecule has 1 fully saturated rings. The van der Waals surface area contributed by atoms with E-state index in [-0.39, 0.29) is 11.8 Å². The van der Waals surface area contributed by atoms with Crippen LogP contribution >= 0.6 is 0 Å². The zero-order valence-electron chi connectivity index (χ0n) is 15.7. The van der Waals surface area contributed by atoms with E-state index in [2.05, 4.69) is 29.1 Å². The number of furan rings is 1. The van der Waals surface area contributed by atoms with E-state index < -0.39 is 0 Å². The quantitative estimate of drug-likeness (QED) is 0.836. The van der Waals surface area contributed by atoms with Gasteiger partial charge in [-0.1, -0.05) is 13.8 Å². The van der Waals surface area contributed by atoms with Gasteiger partial charge in [0, 0.05) is 38.8 Å². The van der Waals surface area contributed by atoms with Gasteiger partial charge in [0.25, 0.3) is 11.8 Å². The Morgan fingerprint density at radius 1 is 1.15 bits per heavy atom. The first kappa shape index (κ1) is 18.9. The molecule has 2 aromatic heterocycles. The number of carbonyl (C=O) groups excluding carboxylic acids is 2. The van der Waals surface area contributed by atoms with Gasteiger partial charge in [0.15, 0.2) is 5.76 Å². The maximum absolute atomic E-state index is 12.7. The van der Waals surface area contributed by atoms with E-state index in [0.29, 0.717) is 49.4 Å². The molecule has 0 unspecified atom stereocenters. The van der Waals surface area contributed by atoms with E-state index >= 15 is 0 Å². The number of nitrogens with one attached hydrogen (secondary N) is 1. The Morgan fingerprint density at radius 2 is 1.85 bits per heavy atom. The second kappa shape index (κ2) is 8.66. The summed E-state index contributed by atoms with van der Waals surface area (Å²) in [7, 11) is 0. The maximum atomic E-state index is 12.7. The van der Waals surface area contributed by atoms with Crippen LogP contribution in [0.25, 0.3) is 0 Å². The van der Waals surface area contributed by atoms with Crippen LogP contribution in [-0.4, -0.2) is 64.3 Å². The highest BCUT2D eigenvalue weighted by Crippen LogP contribution is 2.13. The van der Waals surface area contributed by atoms with Crippen LogP contribution in [0.15, 0.2) is 35.2 Å². The van der Waals surface area contributed by atoms with E-state index in [0.717, 1.165) is 13.0 Å². The Bertz CT molecular complexity index is 767. The smallest absolute Gasteiger partial charge is 0.289 e. The fourth-order valence-corrected chi connectivity index (χ4v) is 2.89. The average Bonchev–Trinajstić information content (AvgIpc) is 3.22. The third-order valence-electron chi connectivity index (χ3n) is 4.50. The monoisotopic (exact) mass is 371 g/mol. The highest BCUT2D eigenvalue weighted by Gasteiger charge is 2.27. The zero-order valence-corrected chi connectivity index (χ0v) is 15.7. The molecule has 1 saturated heterocycles. The molecular formula is C19H25N5O3. The van der Waals surface area contributed by atoms with Crippen LogP contribution in [0.2, 0.25) is 0 Å². The summed E-state index contributed by atoms with van der Waals surface area (Å²) < 4.78 is 5.16. The van der Waals surface area contributed by atoms with Crippen molar-refractivity contribution in [2.24, 2.45) is 5.92 Å². The molecule has 0 radical (unpaired) electrons. The normalized spacial score (nSPS) is 14.5. The number of hydrogen-bond donors (Lipinski definition) is 1. The molecule has 0 bridgehead atoms. The molecule has 27 heavy (non-hydrogen) atoms. The van der Waals surface area contributed by atoms with E-state index in [9.17, 15) is 9.59 Å². The van der Waals surface area contributed by atoms with Crippen LogP contribution in [0.1, 0.15) is 41.3 Å². The summed E-state index contributed by atoms with van der Waals surface area (Å²) in [6.07, 6.45) is 3.91. The Balaban J connectivity index is 1.55. The lowest BCUT2D eigenvalue weighted by Crippen LogP contribution is -2.50. The molecule has 144 valence electrons. The van der Waals surface area contributed by atoms with Crippen molar-refractivity contribution < 1.29 is 14.0 Å². The minimum atomic E-state index is -0.147. The van der Waals surface area contributed by atoms with Gasteiger partial charge in [0.1, 0.15) is 17.8 Å². The van der Waals surface area contributed by atoms with Gasteiger partial charge < -0.3 is 19.5 Å². The molecule has 8 heteroatoms. The van der Waals surface area contributed by atoms with Crippen LogP contribution in [0, 0.1) is 5.92 Å². The molecule has 1 aliphatic heterocycles. The predicted octanol–water partition coefficient (Wildman–Crippen LogP) is 2.13. The molecule has 3 rings (SSSR count). The number of amides is 2. The SMILES string of the molecule is CC(C)CCNc1cc(C(=O)N2CCN(C(=O)c3ccco3)CC2)ncn1. The standard InChI is InChI=1S/C19H25N5O3/c1-14(2)5-6-20-17-12-15(21-13-22-17)18(25)23-7-9-24(10-8-23)19(26)16-4-3-11-27-16/h3-4,11-14H,5-10H2,1-2H3,(H,20,21,22). The van der Waals surface area contributed by atoms with Crippen molar-refractivity contribution in [3.63, 3.8) is 0 Å². The Kier molecular flexibility index (Phi) is 6.05. The Morgan fingerprint density at radius 3 is 2.48 bits per heavy atom. The van der Waals surface area contributed by atoms with Gasteiger partial charge in [-0.05, 0) is 24.5 Å². The van der Waals surface area contributed by atoms with Gasteiger partial charge >= 0.3 is 0 Å². The van der Waals surface area contributed by atoms with Gasteiger partial charge in [0.05, 0.1) is 6.26 Å². The molecule has 2 aromatic rings. The van der Waals surface area contributed by atoms with Crippen molar-refractivity contribution in [2.45, 2.75) is 20.3 Å². The van der Waals surface area contributed by atoms with Crippen molar-refractivity contribution >= 4 is 17.6 Å². The van der Waals surface area contributed by atoms with Gasteiger partial charge in [-0.15, -0.1) is 0 Å². The minimum Gasteiger partial charge on any atom is -0.459 e. The van der Waals surface area contributed by atoms with Crippen LogP contribution in [0.5, 0.6) is 0 Å². The highest BCUT2D eigenvalue weighted by atomic mass is 16.3. The van der Waals surface area contributed by atoms with Gasteiger partial charge in [-0.2, -0.15) is 0 Å². The zero-order chi connectivity index (χ0) is 19.2. The van der Waals surface area contributed by atoms with Crippen LogP contribution in [0.4, 0.5) is 5.82 Å². The fraction of sp³-hybridized carbons (Fsp3) is 0.474. The molecule has 8 nitrogen and oxygen atoms in total. The summed E-state index contributed by atoms with van der Waals surface area (Å²) in [6.45, 7) is 6.98. The van der Waals surface area contributed by atoms with Gasteiger partial charge in [-0.25, -0.2) is 9.97 Å². The summed E-state index contributed by atoms with van der Waals surface area (Å²) in [5, 5.41) is 3.23. The second-order valence-corrected chi connectivity index (χ2v) is 6.96. The van der Waals surface area contributed by atoms with Crippen LogP contribution in [0.3, 0.4) is 0 Å². The number of carbonyl (C=O) groups is 2. The molecule has 1 aliphatic rings. The number of rotatable bonds is 6. The second-order valence-electron chi connectivity index (χ2n) is 6.96. The fourth-order valence-electron chi connectivity index (χ4n) is 2.89. The Labute approximate surface area is 158 Å². The lowest BCUT2D eigenvalue weighted by molar-refractivity contribution is 0.0515. The number of hydrogen-bond acceptors (Lipinski definition) is 6. The van der Waals surface area contributed by atoms with E-state index in [1.807, 2.05) is 0 Å². The molecule has 0 saturated carbocycles. The first-order valence-corrected chi connectivity index (χ1v) is 9.22. The summed E-state index contributed by atoms with van der Waals surface area (Å²) in [5.41, 5.74) is 0.364. The summed E-state index contributed by atoms with van der Waals surface area (Å²) in [5.74, 6) is 1.28. The maximum Gasteiger partial charge on any atom is 0.289 e. The largest absolute Gasteiger partial charge is 0.459 e. The number of anilines is 1. The molecule has 0 spiro atoms. The number of aromatic nitrogens is 2. The highest BCUT2D eigenvalue weighted by molar-refractivity contribution is 5.94. The number of piperazine rings is 1. The number of nitrogens with zero attached hydrogens (tertiary/aromatic N) is 4. The van der Waals surface area contributed by atoms with E-state index in [1.165, 1.54) is 12.6 Å². The van der Waals surface area contributed by atoms with Crippen molar-refractivity contribution in [3.8, 4) is 0 Å². The van der Waals surface area contributed by atoms with Crippen LogP contribution < -0.4 is 5.32 Å². The van der Waals surface area contributed by atoms with Crippen molar-refractivity contribution in [3.05, 3.63) is 42.2 Å². The molecule has 0 atom stereocenters. The van der Waals surface area contributed by atoms with Gasteiger partial charge in [0.2, 0.25) is 0 Å². The van der Waals surface area contributed by atoms with Crippen molar-refractivity contribution in [1.29, 1.82) is 0 Å². The van der Waals surface area contributed by atoms with E-state index in [1.54, 1.807) is 28.0 Å². The summed E-state index contributed by atoms with van der Waals surface area (Å²) in [6, 6.07) is 5.02. The first-order valence-electron chi connectivity index (χ1n) is 9.22. The molecule has 0 aliphatic carbocycles. The lowest BCUT2D eigenvalue weighted by Gasteiger charge is -2.34.